The third kappa shape index (κ3) is 4.50. The van der Waals surface area contributed by atoms with Gasteiger partial charge in [-0.25, -0.2) is 14.5 Å². The number of H-pyrrole nitrogens is 1. The average Bonchev–Trinajstić information content (AvgIpc) is 3.60. The van der Waals surface area contributed by atoms with Crippen molar-refractivity contribution in [1.29, 1.82) is 0 Å². The van der Waals surface area contributed by atoms with Gasteiger partial charge in [0.05, 0.1) is 31.4 Å². The molecule has 0 saturated carbocycles. The van der Waals surface area contributed by atoms with Crippen molar-refractivity contribution in [1.82, 2.24) is 34.7 Å². The third-order valence-corrected chi connectivity index (χ3v) is 7.58. The fraction of sp³-hybridized carbons (Fsp3) is 0.500. The first kappa shape index (κ1) is 23.7. The highest BCUT2D eigenvalue weighted by Crippen LogP contribution is 2.40. The van der Waals surface area contributed by atoms with Gasteiger partial charge in [-0.05, 0) is 25.3 Å². The Hall–Kier alpha value is -3.05. The van der Waals surface area contributed by atoms with Crippen LogP contribution in [0.5, 0.6) is 5.75 Å². The standard InChI is InChI=1S/C24H31FN8OS/c1-15(2)20-21(17-10-18(34-4)23-27-14-28-33(23)13-17)29-30-22(20)24-26-11-19(35-24)32-9-8-31(7-5-6-25)12-16(32)3/h10-11,13-16H,5-9,12H2,1-4H3,(H,29,30)/t16-/m1/s1. The van der Waals surface area contributed by atoms with E-state index in [2.05, 4.69) is 45.8 Å². The summed E-state index contributed by atoms with van der Waals surface area (Å²) in [6, 6.07) is 2.30. The number of hydrogen-bond donors (Lipinski definition) is 1. The van der Waals surface area contributed by atoms with Crippen LogP contribution in [0.1, 0.15) is 38.7 Å². The largest absolute Gasteiger partial charge is 0.493 e. The number of aromatic amines is 1. The maximum atomic E-state index is 12.6. The summed E-state index contributed by atoms with van der Waals surface area (Å²) < 4.78 is 19.8. The first-order valence-corrected chi connectivity index (χ1v) is 12.8. The smallest absolute Gasteiger partial charge is 0.197 e. The molecule has 186 valence electrons. The van der Waals surface area contributed by atoms with Crippen LogP contribution in [0.15, 0.2) is 24.8 Å². The summed E-state index contributed by atoms with van der Waals surface area (Å²) in [4.78, 5) is 13.8. The number of anilines is 1. The maximum absolute atomic E-state index is 12.6. The molecule has 9 nitrogen and oxygen atoms in total. The van der Waals surface area contributed by atoms with Crippen LogP contribution in [-0.2, 0) is 0 Å². The molecule has 0 aliphatic carbocycles. The predicted molar refractivity (Wildman–Crippen MR) is 136 cm³/mol. The van der Waals surface area contributed by atoms with Crippen LogP contribution in [0.3, 0.4) is 0 Å². The Morgan fingerprint density at radius 3 is 2.89 bits per heavy atom. The zero-order valence-corrected chi connectivity index (χ0v) is 21.3. The van der Waals surface area contributed by atoms with Crippen molar-refractivity contribution < 1.29 is 9.13 Å². The van der Waals surface area contributed by atoms with E-state index >= 15 is 0 Å². The molecule has 4 aromatic rings. The van der Waals surface area contributed by atoms with E-state index in [9.17, 15) is 4.39 Å². The normalized spacial score (nSPS) is 17.1. The van der Waals surface area contributed by atoms with Crippen LogP contribution in [-0.4, -0.2) is 80.7 Å². The second kappa shape index (κ2) is 9.90. The van der Waals surface area contributed by atoms with Gasteiger partial charge in [0.15, 0.2) is 11.4 Å². The molecule has 1 atom stereocenters. The lowest BCUT2D eigenvalue weighted by Gasteiger charge is -2.40. The van der Waals surface area contributed by atoms with Gasteiger partial charge in [-0.3, -0.25) is 14.4 Å². The van der Waals surface area contributed by atoms with Gasteiger partial charge in [0.25, 0.3) is 0 Å². The van der Waals surface area contributed by atoms with Crippen LogP contribution in [0.25, 0.3) is 27.6 Å². The lowest BCUT2D eigenvalue weighted by Crippen LogP contribution is -2.52. The van der Waals surface area contributed by atoms with Crippen molar-refractivity contribution in [2.45, 2.75) is 39.2 Å². The van der Waals surface area contributed by atoms with Crippen molar-refractivity contribution in [3.8, 4) is 27.7 Å². The van der Waals surface area contributed by atoms with E-state index < -0.39 is 0 Å². The van der Waals surface area contributed by atoms with Crippen LogP contribution < -0.4 is 9.64 Å². The van der Waals surface area contributed by atoms with Gasteiger partial charge in [-0.15, -0.1) is 0 Å². The van der Waals surface area contributed by atoms with E-state index in [1.807, 2.05) is 18.5 Å². The summed E-state index contributed by atoms with van der Waals surface area (Å²) in [5, 5.41) is 14.3. The highest BCUT2D eigenvalue weighted by Gasteiger charge is 2.27. The molecule has 1 N–H and O–H groups in total. The Balaban J connectivity index is 1.45. The molecule has 5 heterocycles. The summed E-state index contributed by atoms with van der Waals surface area (Å²) in [7, 11) is 1.63. The molecule has 0 radical (unpaired) electrons. The highest BCUT2D eigenvalue weighted by molar-refractivity contribution is 7.18. The van der Waals surface area contributed by atoms with E-state index in [1.54, 1.807) is 23.0 Å². The summed E-state index contributed by atoms with van der Waals surface area (Å²) in [5.74, 6) is 0.872. The fourth-order valence-electron chi connectivity index (χ4n) is 4.83. The molecule has 1 fully saturated rings. The quantitative estimate of drug-likeness (QED) is 0.389. The number of methoxy groups -OCH3 is 1. The molecule has 1 aliphatic rings. The third-order valence-electron chi connectivity index (χ3n) is 6.53. The number of nitrogens with zero attached hydrogens (tertiary/aromatic N) is 7. The lowest BCUT2D eigenvalue weighted by atomic mass is 9.97. The van der Waals surface area contributed by atoms with Crippen molar-refractivity contribution in [2.75, 3.05) is 44.9 Å². The Bertz CT molecular complexity index is 1300. The van der Waals surface area contributed by atoms with Gasteiger partial charge in [0, 0.05) is 49.5 Å². The Labute approximate surface area is 208 Å². The number of hydrogen-bond acceptors (Lipinski definition) is 8. The van der Waals surface area contributed by atoms with Crippen molar-refractivity contribution in [3.05, 3.63) is 30.4 Å². The molecular formula is C24H31FN8OS. The van der Waals surface area contributed by atoms with E-state index in [4.69, 9.17) is 14.8 Å². The molecule has 4 aromatic heterocycles. The van der Waals surface area contributed by atoms with E-state index in [-0.39, 0.29) is 12.6 Å². The second-order valence-corrected chi connectivity index (χ2v) is 10.2. The first-order valence-electron chi connectivity index (χ1n) is 12.0. The number of rotatable bonds is 8. The molecule has 1 aliphatic heterocycles. The number of nitrogens with one attached hydrogen (secondary N) is 1. The zero-order chi connectivity index (χ0) is 24.5. The van der Waals surface area contributed by atoms with E-state index in [1.165, 1.54) is 6.33 Å². The zero-order valence-electron chi connectivity index (χ0n) is 20.5. The molecule has 35 heavy (non-hydrogen) atoms. The van der Waals surface area contributed by atoms with E-state index in [0.29, 0.717) is 23.9 Å². The van der Waals surface area contributed by atoms with Crippen LogP contribution in [0.4, 0.5) is 9.39 Å². The van der Waals surface area contributed by atoms with Gasteiger partial charge in [0.2, 0.25) is 0 Å². The van der Waals surface area contributed by atoms with Gasteiger partial charge < -0.3 is 9.64 Å². The minimum Gasteiger partial charge on any atom is -0.493 e. The Kier molecular flexibility index (Phi) is 6.70. The van der Waals surface area contributed by atoms with Crippen LogP contribution >= 0.6 is 11.3 Å². The van der Waals surface area contributed by atoms with Crippen molar-refractivity contribution >= 4 is 22.0 Å². The minimum atomic E-state index is -0.253. The molecule has 11 heteroatoms. The highest BCUT2D eigenvalue weighted by atomic mass is 32.1. The number of halogens is 1. The van der Waals surface area contributed by atoms with Crippen molar-refractivity contribution in [3.63, 3.8) is 0 Å². The summed E-state index contributed by atoms with van der Waals surface area (Å²) in [6.45, 7) is 9.91. The Morgan fingerprint density at radius 1 is 1.29 bits per heavy atom. The number of ether oxygens (including phenoxy) is 1. The van der Waals surface area contributed by atoms with Gasteiger partial charge in [0.1, 0.15) is 16.3 Å². The SMILES string of the molecule is COc1cc(-c2n[nH]c(-c3ncc(N4CCN(CCCF)C[C@H]4C)s3)c2C(C)C)cn2ncnc12. The van der Waals surface area contributed by atoms with Gasteiger partial charge in [-0.2, -0.15) is 10.2 Å². The first-order chi connectivity index (χ1) is 17.0. The number of aromatic nitrogens is 6. The summed E-state index contributed by atoms with van der Waals surface area (Å²) >= 11 is 1.68. The number of fused-ring (bicyclic) bond motifs is 1. The number of pyridine rings is 1. The summed E-state index contributed by atoms with van der Waals surface area (Å²) in [5.41, 5.74) is 4.48. The molecule has 0 unspecified atom stereocenters. The average molecular weight is 499 g/mol. The molecule has 0 bridgehead atoms. The number of alkyl halides is 1. The maximum Gasteiger partial charge on any atom is 0.197 e. The van der Waals surface area contributed by atoms with Crippen LogP contribution in [0.2, 0.25) is 0 Å². The monoisotopic (exact) mass is 498 g/mol. The van der Waals surface area contributed by atoms with E-state index in [0.717, 1.165) is 58.7 Å². The van der Waals surface area contributed by atoms with Gasteiger partial charge in [-0.1, -0.05) is 25.2 Å². The molecule has 0 amide bonds. The number of thiazole rings is 1. The molecule has 0 aromatic carbocycles. The molecule has 1 saturated heterocycles. The number of piperazine rings is 1. The second-order valence-electron chi connectivity index (χ2n) is 9.23. The molecule has 5 rings (SSSR count). The van der Waals surface area contributed by atoms with Gasteiger partial charge >= 0.3 is 0 Å². The van der Waals surface area contributed by atoms with Crippen molar-refractivity contribution in [2.24, 2.45) is 0 Å². The fourth-order valence-corrected chi connectivity index (χ4v) is 5.89. The summed E-state index contributed by atoms with van der Waals surface area (Å²) in [6.07, 6.45) is 6.00. The lowest BCUT2D eigenvalue weighted by molar-refractivity contribution is 0.219. The molecular weight excluding hydrogens is 467 g/mol. The molecule has 0 spiro atoms. The van der Waals surface area contributed by atoms with Crippen LogP contribution in [0, 0.1) is 0 Å². The predicted octanol–water partition coefficient (Wildman–Crippen LogP) is 4.25. The Morgan fingerprint density at radius 2 is 2.14 bits per heavy atom. The topological polar surface area (TPSA) is 87.5 Å². The minimum absolute atomic E-state index is 0.224.